The molecule has 0 saturated heterocycles. The van der Waals surface area contributed by atoms with Gasteiger partial charge in [0, 0.05) is 6.20 Å². The van der Waals surface area contributed by atoms with Crippen LogP contribution in [0.5, 0.6) is 0 Å². The van der Waals surface area contributed by atoms with Crippen molar-refractivity contribution in [3.8, 4) is 0 Å². The van der Waals surface area contributed by atoms with Crippen LogP contribution in [0.25, 0.3) is 22.3 Å². The van der Waals surface area contributed by atoms with Gasteiger partial charge in [0.05, 0.1) is 0 Å². The van der Waals surface area contributed by atoms with Gasteiger partial charge in [0.25, 0.3) is 5.71 Å². The van der Waals surface area contributed by atoms with E-state index < -0.39 is 0 Å². The van der Waals surface area contributed by atoms with Crippen LogP contribution in [0.4, 0.5) is 0 Å². The molecule has 13 heavy (non-hydrogen) atoms. The Bertz CT molecular complexity index is 524. The van der Waals surface area contributed by atoms with Crippen molar-refractivity contribution < 1.29 is 4.42 Å². The predicted octanol–water partition coefficient (Wildman–Crippen LogP) is 1.17. The third kappa shape index (κ3) is 0.807. The van der Waals surface area contributed by atoms with Gasteiger partial charge in [-0.25, -0.2) is 0 Å². The summed E-state index contributed by atoms with van der Waals surface area (Å²) in [4.78, 5) is 8.07. The van der Waals surface area contributed by atoms with E-state index in [-0.39, 0.29) is 0 Å². The molecule has 3 rings (SSSR count). The normalized spacial score (nSPS) is 11.1. The fraction of sp³-hybridized carbons (Fsp3) is 0. The average molecular weight is 172 g/mol. The smallest absolute Gasteiger partial charge is 0.251 e. The molecule has 0 amide bonds. The fourth-order valence-electron chi connectivity index (χ4n) is 1.24. The van der Waals surface area contributed by atoms with Gasteiger partial charge in [-0.1, -0.05) is 0 Å². The number of aromatic nitrogens is 4. The summed E-state index contributed by atoms with van der Waals surface area (Å²) in [7, 11) is 0. The molecular weight excluding hydrogens is 168 g/mol. The largest absolute Gasteiger partial charge is 0.434 e. The number of pyridine rings is 1. The molecule has 0 unspecified atom stereocenters. The van der Waals surface area contributed by atoms with Crippen molar-refractivity contribution in [1.82, 2.24) is 20.2 Å². The molecule has 0 saturated carbocycles. The van der Waals surface area contributed by atoms with Gasteiger partial charge in [0.15, 0.2) is 11.1 Å². The number of fused-ring (bicyclic) bond motifs is 3. The number of furan rings is 1. The number of hydrogen-bond donors (Lipinski definition) is 0. The molecule has 5 nitrogen and oxygen atoms in total. The maximum absolute atomic E-state index is 5.38. The van der Waals surface area contributed by atoms with Crippen molar-refractivity contribution in [3.05, 3.63) is 24.7 Å². The van der Waals surface area contributed by atoms with E-state index in [1.807, 2.05) is 6.07 Å². The van der Waals surface area contributed by atoms with Crippen LogP contribution in [0.15, 0.2) is 29.1 Å². The Hall–Kier alpha value is -2.04. The summed E-state index contributed by atoms with van der Waals surface area (Å²) in [6.45, 7) is 0. The van der Waals surface area contributed by atoms with Crippen LogP contribution >= 0.6 is 0 Å². The lowest BCUT2D eigenvalue weighted by Crippen LogP contribution is -1.82. The first-order valence-corrected chi connectivity index (χ1v) is 3.76. The molecule has 3 aromatic heterocycles. The first-order valence-electron chi connectivity index (χ1n) is 3.76. The van der Waals surface area contributed by atoms with E-state index in [1.54, 1.807) is 12.3 Å². The maximum atomic E-state index is 5.38. The van der Waals surface area contributed by atoms with E-state index in [2.05, 4.69) is 20.2 Å². The predicted molar refractivity (Wildman–Crippen MR) is 44.9 cm³/mol. The second kappa shape index (κ2) is 2.22. The zero-order chi connectivity index (χ0) is 8.67. The van der Waals surface area contributed by atoms with Crippen LogP contribution in [-0.4, -0.2) is 20.2 Å². The van der Waals surface area contributed by atoms with Crippen LogP contribution in [0.3, 0.4) is 0 Å². The second-order valence-electron chi connectivity index (χ2n) is 2.57. The molecule has 3 heterocycles. The maximum Gasteiger partial charge on any atom is 0.251 e. The highest BCUT2D eigenvalue weighted by Crippen LogP contribution is 2.21. The van der Waals surface area contributed by atoms with Gasteiger partial charge in [-0.3, -0.25) is 4.98 Å². The van der Waals surface area contributed by atoms with Crippen LogP contribution < -0.4 is 0 Å². The van der Waals surface area contributed by atoms with Gasteiger partial charge in [-0.15, -0.1) is 10.2 Å². The quantitative estimate of drug-likeness (QED) is 0.509. The van der Waals surface area contributed by atoms with Gasteiger partial charge < -0.3 is 4.42 Å². The summed E-state index contributed by atoms with van der Waals surface area (Å²) in [5, 5.41) is 7.57. The van der Waals surface area contributed by atoms with Crippen LogP contribution in [0.1, 0.15) is 0 Å². The first kappa shape index (κ1) is 6.47. The van der Waals surface area contributed by atoms with E-state index in [0.29, 0.717) is 22.3 Å². The van der Waals surface area contributed by atoms with Gasteiger partial charge in [-0.2, -0.15) is 4.98 Å². The molecule has 0 N–H and O–H groups in total. The minimum Gasteiger partial charge on any atom is -0.434 e. The number of hydrogen-bond acceptors (Lipinski definition) is 5. The minimum absolute atomic E-state index is 0.476. The molecule has 0 aliphatic heterocycles. The number of nitrogens with zero attached hydrogens (tertiary/aromatic N) is 4. The fourth-order valence-corrected chi connectivity index (χ4v) is 1.24. The third-order valence-corrected chi connectivity index (χ3v) is 1.79. The SMILES string of the molecule is c1cnc2c(c1)oc1ncnnc12. The van der Waals surface area contributed by atoms with Crippen LogP contribution in [-0.2, 0) is 0 Å². The Labute approximate surface area is 72.4 Å². The molecule has 0 aliphatic carbocycles. The van der Waals surface area contributed by atoms with Crippen molar-refractivity contribution in [3.63, 3.8) is 0 Å². The monoisotopic (exact) mass is 172 g/mol. The Morgan fingerprint density at radius 3 is 3.15 bits per heavy atom. The van der Waals surface area contributed by atoms with E-state index in [0.717, 1.165) is 0 Å². The lowest BCUT2D eigenvalue weighted by molar-refractivity contribution is 0.649. The van der Waals surface area contributed by atoms with E-state index in [1.165, 1.54) is 6.33 Å². The van der Waals surface area contributed by atoms with Crippen LogP contribution in [0.2, 0.25) is 0 Å². The van der Waals surface area contributed by atoms with E-state index in [4.69, 9.17) is 4.42 Å². The van der Waals surface area contributed by atoms with E-state index in [9.17, 15) is 0 Å². The highest BCUT2D eigenvalue weighted by Gasteiger charge is 2.08. The van der Waals surface area contributed by atoms with Crippen molar-refractivity contribution >= 4 is 22.3 Å². The molecule has 0 fully saturated rings. The van der Waals surface area contributed by atoms with Crippen molar-refractivity contribution in [2.24, 2.45) is 0 Å². The summed E-state index contributed by atoms with van der Waals surface area (Å²) in [5.74, 6) is 0. The van der Waals surface area contributed by atoms with Crippen LogP contribution in [0, 0.1) is 0 Å². The lowest BCUT2D eigenvalue weighted by Gasteiger charge is -1.82. The van der Waals surface area contributed by atoms with E-state index >= 15 is 0 Å². The van der Waals surface area contributed by atoms with Gasteiger partial charge in [0.2, 0.25) is 0 Å². The summed E-state index contributed by atoms with van der Waals surface area (Å²) >= 11 is 0. The zero-order valence-electron chi connectivity index (χ0n) is 6.51. The average Bonchev–Trinajstić information content (AvgIpc) is 2.56. The Balaban J connectivity index is 2.64. The molecular formula is C8H4N4O. The second-order valence-corrected chi connectivity index (χ2v) is 2.57. The Morgan fingerprint density at radius 1 is 1.15 bits per heavy atom. The number of rotatable bonds is 0. The third-order valence-electron chi connectivity index (χ3n) is 1.79. The zero-order valence-corrected chi connectivity index (χ0v) is 6.51. The molecule has 5 heteroatoms. The minimum atomic E-state index is 0.476. The van der Waals surface area contributed by atoms with Crippen molar-refractivity contribution in [2.45, 2.75) is 0 Å². The van der Waals surface area contributed by atoms with Crippen molar-refractivity contribution in [2.75, 3.05) is 0 Å². The van der Waals surface area contributed by atoms with Gasteiger partial charge in [0.1, 0.15) is 11.8 Å². The molecule has 0 spiro atoms. The molecule has 0 aliphatic rings. The molecule has 0 radical (unpaired) electrons. The molecule has 0 atom stereocenters. The van der Waals surface area contributed by atoms with Crippen molar-refractivity contribution in [1.29, 1.82) is 0 Å². The molecule has 0 bridgehead atoms. The Morgan fingerprint density at radius 2 is 2.15 bits per heavy atom. The Kier molecular flexibility index (Phi) is 1.11. The standard InChI is InChI=1S/C8H4N4O/c1-2-5-6(9-3-1)7-8(13-5)10-4-11-12-7/h1-4H. The molecule has 62 valence electrons. The summed E-state index contributed by atoms with van der Waals surface area (Å²) in [6, 6.07) is 3.63. The summed E-state index contributed by atoms with van der Waals surface area (Å²) in [6.07, 6.45) is 3.04. The molecule has 0 aromatic carbocycles. The first-order chi connectivity index (χ1) is 6.45. The lowest BCUT2D eigenvalue weighted by atomic mass is 10.4. The topological polar surface area (TPSA) is 64.7 Å². The van der Waals surface area contributed by atoms with Gasteiger partial charge in [-0.05, 0) is 12.1 Å². The van der Waals surface area contributed by atoms with Gasteiger partial charge >= 0.3 is 0 Å². The highest BCUT2D eigenvalue weighted by atomic mass is 16.3. The molecule has 3 aromatic rings. The summed E-state index contributed by atoms with van der Waals surface area (Å²) < 4.78 is 5.38. The summed E-state index contributed by atoms with van der Waals surface area (Å²) in [5.41, 5.74) is 2.48. The highest BCUT2D eigenvalue weighted by molar-refractivity contribution is 5.97.